The number of allylic oxidation sites excluding steroid dienone is 1. The number of aliphatic hydroxyl groups excluding tert-OH is 2. The summed E-state index contributed by atoms with van der Waals surface area (Å²) < 4.78 is 18.4. The van der Waals surface area contributed by atoms with E-state index < -0.39 is 64.7 Å². The molecule has 42 heavy (non-hydrogen) atoms. The van der Waals surface area contributed by atoms with Gasteiger partial charge in [0.2, 0.25) is 11.6 Å². The lowest BCUT2D eigenvalue weighted by atomic mass is 9.65. The van der Waals surface area contributed by atoms with E-state index >= 15 is 0 Å². The number of hydrogen-bond donors (Lipinski definition) is 6. The van der Waals surface area contributed by atoms with Crippen molar-refractivity contribution in [2.75, 3.05) is 0 Å². The number of rotatable bonds is 2. The number of ketones is 3. The molecule has 0 saturated heterocycles. The fraction of sp³-hybridized carbons (Fsp3) is 0.233. The summed E-state index contributed by atoms with van der Waals surface area (Å²) in [5.74, 6) is -4.27. The van der Waals surface area contributed by atoms with Gasteiger partial charge in [-0.25, -0.2) is 0 Å². The largest absolute Gasteiger partial charge is 0.508 e. The molecule has 0 fully saturated rings. The van der Waals surface area contributed by atoms with Gasteiger partial charge >= 0.3 is 0 Å². The van der Waals surface area contributed by atoms with E-state index in [2.05, 4.69) is 0 Å². The first-order chi connectivity index (χ1) is 20.0. The van der Waals surface area contributed by atoms with Gasteiger partial charge in [0.25, 0.3) is 0 Å². The summed E-state index contributed by atoms with van der Waals surface area (Å²) in [5.41, 5.74) is -2.00. The van der Waals surface area contributed by atoms with Crippen LogP contribution in [0.1, 0.15) is 44.4 Å². The van der Waals surface area contributed by atoms with Crippen LogP contribution in [-0.4, -0.2) is 72.4 Å². The Morgan fingerprint density at radius 1 is 0.738 bits per heavy atom. The molecular weight excluding hydrogens is 552 g/mol. The van der Waals surface area contributed by atoms with E-state index in [1.165, 1.54) is 36.4 Å². The van der Waals surface area contributed by atoms with Gasteiger partial charge in [-0.15, -0.1) is 0 Å². The number of Topliss-reactive ketones (excluding diaryl/α,β-unsaturated/α-hetero) is 2. The molecule has 12 nitrogen and oxygen atoms in total. The molecule has 3 aromatic rings. The van der Waals surface area contributed by atoms with E-state index in [0.29, 0.717) is 5.56 Å². The van der Waals surface area contributed by atoms with Gasteiger partial charge in [-0.2, -0.15) is 0 Å². The number of ether oxygens (including phenoxy) is 3. The summed E-state index contributed by atoms with van der Waals surface area (Å²) in [5, 5.41) is 63.2. The quantitative estimate of drug-likeness (QED) is 0.259. The number of phenolic OH excluding ortho intramolecular Hbond substituents is 4. The van der Waals surface area contributed by atoms with Gasteiger partial charge in [0.05, 0.1) is 11.0 Å². The maximum Gasteiger partial charge on any atom is 0.202 e. The minimum Gasteiger partial charge on any atom is -0.508 e. The molecule has 3 aliphatic heterocycles. The van der Waals surface area contributed by atoms with Gasteiger partial charge in [-0.1, -0.05) is 18.2 Å². The van der Waals surface area contributed by atoms with E-state index in [1.54, 1.807) is 0 Å². The van der Waals surface area contributed by atoms with Crippen LogP contribution in [-0.2, 0) is 10.2 Å². The van der Waals surface area contributed by atoms with Crippen LogP contribution in [0.25, 0.3) is 0 Å². The molecule has 0 saturated carbocycles. The Kier molecular flexibility index (Phi) is 5.37. The Balaban J connectivity index is 1.46. The van der Waals surface area contributed by atoms with Crippen molar-refractivity contribution in [3.63, 3.8) is 0 Å². The maximum atomic E-state index is 13.5. The van der Waals surface area contributed by atoms with Crippen LogP contribution in [0.15, 0.2) is 54.6 Å². The second-order valence-corrected chi connectivity index (χ2v) is 10.6. The summed E-state index contributed by atoms with van der Waals surface area (Å²) in [6, 6.07) is 8.72. The molecule has 214 valence electrons. The minimum absolute atomic E-state index is 0.0166. The molecule has 3 aromatic carbocycles. The van der Waals surface area contributed by atoms with Crippen LogP contribution in [0, 0.1) is 0 Å². The number of carbonyl (C=O) groups excluding carboxylic acids is 3. The molecule has 7 rings (SSSR count). The van der Waals surface area contributed by atoms with Crippen molar-refractivity contribution < 1.29 is 59.2 Å². The lowest BCUT2D eigenvalue weighted by Crippen LogP contribution is -2.60. The smallest absolute Gasteiger partial charge is 0.202 e. The molecule has 6 atom stereocenters. The highest BCUT2D eigenvalue weighted by Crippen LogP contribution is 2.59. The fourth-order valence-electron chi connectivity index (χ4n) is 6.36. The average molecular weight is 574 g/mol. The lowest BCUT2D eigenvalue weighted by molar-refractivity contribution is -0.118. The topological polar surface area (TPSA) is 200 Å². The summed E-state index contributed by atoms with van der Waals surface area (Å²) in [4.78, 5) is 39.4. The Labute approximate surface area is 236 Å². The zero-order valence-corrected chi connectivity index (χ0v) is 21.4. The predicted octanol–water partition coefficient (Wildman–Crippen LogP) is 1.72. The van der Waals surface area contributed by atoms with Crippen molar-refractivity contribution >= 4 is 17.3 Å². The zero-order chi connectivity index (χ0) is 29.7. The number of hydrogen-bond acceptors (Lipinski definition) is 12. The van der Waals surface area contributed by atoms with Crippen molar-refractivity contribution in [3.05, 3.63) is 76.9 Å². The zero-order valence-electron chi connectivity index (χ0n) is 21.4. The first-order valence-electron chi connectivity index (χ1n) is 12.9. The molecule has 4 aliphatic rings. The molecule has 1 aliphatic carbocycles. The van der Waals surface area contributed by atoms with Crippen molar-refractivity contribution in [3.8, 4) is 40.2 Å². The molecule has 3 heterocycles. The van der Waals surface area contributed by atoms with Crippen molar-refractivity contribution in [2.24, 2.45) is 0 Å². The van der Waals surface area contributed by atoms with Crippen LogP contribution in [0.4, 0.5) is 0 Å². The number of phenols is 4. The monoisotopic (exact) mass is 574 g/mol. The van der Waals surface area contributed by atoms with E-state index in [4.69, 9.17) is 14.2 Å². The maximum absolute atomic E-state index is 13.5. The lowest BCUT2D eigenvalue weighted by Gasteiger charge is -2.44. The second-order valence-electron chi connectivity index (χ2n) is 10.6. The highest BCUT2D eigenvalue weighted by molar-refractivity contribution is 6.08. The Hall–Kier alpha value is -5.07. The summed E-state index contributed by atoms with van der Waals surface area (Å²) in [6.07, 6.45) is -5.23. The van der Waals surface area contributed by atoms with Crippen LogP contribution in [0.3, 0.4) is 0 Å². The molecular formula is C30H22O12. The standard InChI is InChI=1S/C30H22O12/c31-12-3-1-11(2-4-12)27-25(38)24(37)21-16(35)10-18-22(28(21)42-27)30(6-5-13(32)9-19(30)40-18)29-26(39)23(36)20-15(34)7-14(33)8-17(20)41-29/h1-8,10,19,25-27,29,31,33-35,38-39H,9H2/t19-,25-,26+,27-,29-,30-/m0/s1. The molecule has 6 N–H and O–H groups in total. The predicted molar refractivity (Wildman–Crippen MR) is 139 cm³/mol. The van der Waals surface area contributed by atoms with E-state index in [-0.39, 0.29) is 51.9 Å². The van der Waals surface area contributed by atoms with E-state index in [9.17, 15) is 45.0 Å². The molecule has 0 bridgehead atoms. The molecule has 0 unspecified atom stereocenters. The third-order valence-corrected chi connectivity index (χ3v) is 8.25. The highest BCUT2D eigenvalue weighted by atomic mass is 16.5. The SMILES string of the molecule is O=C1C=C[C@@]2([C@H]3Oc4cc(O)cc(O)c4C(=O)[C@H]3O)c3c(cc(O)c4c3O[C@@H](c3ccc(O)cc3)[C@@H](O)C4=O)O[C@H]2C1. The van der Waals surface area contributed by atoms with Crippen LogP contribution in [0.2, 0.25) is 0 Å². The Morgan fingerprint density at radius 2 is 1.43 bits per heavy atom. The Bertz CT molecular complexity index is 1740. The number of carbonyl (C=O) groups is 3. The summed E-state index contributed by atoms with van der Waals surface area (Å²) >= 11 is 0. The summed E-state index contributed by atoms with van der Waals surface area (Å²) in [6.45, 7) is 0. The number of aliphatic hydroxyl groups is 2. The molecule has 0 radical (unpaired) electrons. The van der Waals surface area contributed by atoms with Gasteiger partial charge in [-0.05, 0) is 23.8 Å². The van der Waals surface area contributed by atoms with Crippen LogP contribution in [0.5, 0.6) is 40.2 Å². The van der Waals surface area contributed by atoms with Crippen LogP contribution < -0.4 is 14.2 Å². The van der Waals surface area contributed by atoms with Crippen molar-refractivity contribution in [1.82, 2.24) is 0 Å². The van der Waals surface area contributed by atoms with Gasteiger partial charge in [-0.3, -0.25) is 14.4 Å². The third-order valence-electron chi connectivity index (χ3n) is 8.25. The minimum atomic E-state index is -1.93. The van der Waals surface area contributed by atoms with Crippen molar-refractivity contribution in [1.29, 1.82) is 0 Å². The second kappa shape index (κ2) is 8.71. The average Bonchev–Trinajstić information content (AvgIpc) is 3.26. The van der Waals surface area contributed by atoms with Crippen LogP contribution >= 0.6 is 0 Å². The van der Waals surface area contributed by atoms with E-state index in [0.717, 1.165) is 18.2 Å². The number of benzene rings is 3. The van der Waals surface area contributed by atoms with Gasteiger partial charge in [0, 0.05) is 24.6 Å². The fourth-order valence-corrected chi connectivity index (χ4v) is 6.36. The number of aromatic hydroxyl groups is 4. The summed E-state index contributed by atoms with van der Waals surface area (Å²) in [7, 11) is 0. The van der Waals surface area contributed by atoms with Crippen molar-refractivity contribution in [2.45, 2.75) is 42.4 Å². The molecule has 0 aromatic heterocycles. The molecule has 0 spiro atoms. The van der Waals surface area contributed by atoms with E-state index in [1.807, 2.05) is 0 Å². The van der Waals surface area contributed by atoms with Gasteiger partial charge < -0.3 is 44.8 Å². The molecule has 0 amide bonds. The molecule has 12 heteroatoms. The third kappa shape index (κ3) is 3.39. The first kappa shape index (κ1) is 25.9. The normalized spacial score (nSPS) is 29.0. The van der Waals surface area contributed by atoms with Gasteiger partial charge in [0.1, 0.15) is 63.6 Å². The first-order valence-corrected chi connectivity index (χ1v) is 12.9. The van der Waals surface area contributed by atoms with Gasteiger partial charge in [0.15, 0.2) is 24.1 Å². The Morgan fingerprint density at radius 3 is 2.17 bits per heavy atom. The highest BCUT2D eigenvalue weighted by Gasteiger charge is 2.63. The number of fused-ring (bicyclic) bond motifs is 6.